The lowest BCUT2D eigenvalue weighted by Crippen LogP contribution is -2.42. The van der Waals surface area contributed by atoms with E-state index in [0.29, 0.717) is 6.61 Å². The molecule has 0 spiro atoms. The van der Waals surface area contributed by atoms with E-state index in [1.807, 2.05) is 20.9 Å². The van der Waals surface area contributed by atoms with Gasteiger partial charge in [-0.25, -0.2) is 4.79 Å². The Labute approximate surface area is 91.4 Å². The molecule has 0 aromatic rings. The predicted octanol–water partition coefficient (Wildman–Crippen LogP) is 1.85. The van der Waals surface area contributed by atoms with Crippen LogP contribution in [-0.4, -0.2) is 35.6 Å². The van der Waals surface area contributed by atoms with Gasteiger partial charge in [-0.05, 0) is 13.8 Å². The number of hydrogen-bond donors (Lipinski definition) is 0. The van der Waals surface area contributed by atoms with Crippen LogP contribution in [0.25, 0.3) is 0 Å². The largest absolute Gasteiger partial charge is 0.464 e. The zero-order valence-electron chi connectivity index (χ0n) is 9.53. The second-order valence-electron chi connectivity index (χ2n) is 3.53. The minimum Gasteiger partial charge on any atom is -0.464 e. The molecule has 0 fully saturated rings. The first kappa shape index (κ1) is 13.4. The first-order chi connectivity index (χ1) is 6.41. The second-order valence-corrected chi connectivity index (χ2v) is 3.95. The molecule has 0 bridgehead atoms. The number of carbonyl (C=O) groups is 1. The molecule has 14 heavy (non-hydrogen) atoms. The predicted molar refractivity (Wildman–Crippen MR) is 61.3 cm³/mol. The van der Waals surface area contributed by atoms with Crippen molar-refractivity contribution in [3.8, 4) is 0 Å². The molecule has 82 valence electrons. The standard InChI is InChI=1S/C10H19NO2S/c1-6-13-10(12)8(4)11(5)9(14)7(2)3/h7-8H,6H2,1-5H3. The van der Waals surface area contributed by atoms with Crippen molar-refractivity contribution in [3.05, 3.63) is 0 Å². The van der Waals surface area contributed by atoms with Gasteiger partial charge >= 0.3 is 5.97 Å². The van der Waals surface area contributed by atoms with Crippen LogP contribution in [0.15, 0.2) is 0 Å². The van der Waals surface area contributed by atoms with Crippen molar-refractivity contribution in [3.63, 3.8) is 0 Å². The number of carbonyl (C=O) groups excluding carboxylic acids is 1. The highest BCUT2D eigenvalue weighted by molar-refractivity contribution is 7.80. The van der Waals surface area contributed by atoms with Gasteiger partial charge in [-0.2, -0.15) is 0 Å². The van der Waals surface area contributed by atoms with Crippen LogP contribution in [0.3, 0.4) is 0 Å². The molecule has 0 aliphatic carbocycles. The Bertz CT molecular complexity index is 216. The Hall–Kier alpha value is -0.640. The Kier molecular flexibility index (Phi) is 5.69. The number of ether oxygens (including phenoxy) is 1. The van der Waals surface area contributed by atoms with Gasteiger partial charge in [0.05, 0.1) is 11.6 Å². The summed E-state index contributed by atoms with van der Waals surface area (Å²) >= 11 is 5.20. The van der Waals surface area contributed by atoms with E-state index >= 15 is 0 Å². The molecule has 1 atom stereocenters. The molecule has 0 N–H and O–H groups in total. The summed E-state index contributed by atoms with van der Waals surface area (Å²) in [5, 5.41) is 0. The van der Waals surface area contributed by atoms with E-state index in [2.05, 4.69) is 0 Å². The average molecular weight is 217 g/mol. The number of hydrogen-bond acceptors (Lipinski definition) is 3. The van der Waals surface area contributed by atoms with Gasteiger partial charge < -0.3 is 9.64 Å². The van der Waals surface area contributed by atoms with Crippen molar-refractivity contribution in [2.45, 2.75) is 33.7 Å². The maximum absolute atomic E-state index is 11.4. The zero-order chi connectivity index (χ0) is 11.3. The highest BCUT2D eigenvalue weighted by Crippen LogP contribution is 2.07. The fourth-order valence-electron chi connectivity index (χ4n) is 1.02. The first-order valence-corrected chi connectivity index (χ1v) is 5.25. The molecule has 0 aromatic carbocycles. The van der Waals surface area contributed by atoms with Gasteiger partial charge in [0.15, 0.2) is 0 Å². The van der Waals surface area contributed by atoms with Crippen molar-refractivity contribution >= 4 is 23.2 Å². The Balaban J connectivity index is 4.31. The summed E-state index contributed by atoms with van der Waals surface area (Å²) in [6.45, 7) is 8.02. The molecule has 0 saturated carbocycles. The van der Waals surface area contributed by atoms with Gasteiger partial charge in [0.2, 0.25) is 0 Å². The van der Waals surface area contributed by atoms with Crippen molar-refractivity contribution < 1.29 is 9.53 Å². The van der Waals surface area contributed by atoms with Crippen LogP contribution in [0.2, 0.25) is 0 Å². The number of likely N-dealkylation sites (N-methyl/N-ethyl adjacent to an activating group) is 1. The van der Waals surface area contributed by atoms with Crippen LogP contribution in [0, 0.1) is 5.92 Å². The fraction of sp³-hybridized carbons (Fsp3) is 0.800. The van der Waals surface area contributed by atoms with Crippen LogP contribution in [0.4, 0.5) is 0 Å². The summed E-state index contributed by atoms with van der Waals surface area (Å²) < 4.78 is 4.91. The Morgan fingerprint density at radius 1 is 1.43 bits per heavy atom. The number of esters is 1. The number of thiocarbonyl (C=S) groups is 1. The summed E-state index contributed by atoms with van der Waals surface area (Å²) in [5.41, 5.74) is 0. The third-order valence-corrected chi connectivity index (χ3v) is 2.81. The molecule has 1 unspecified atom stereocenters. The van der Waals surface area contributed by atoms with Gasteiger partial charge in [0.1, 0.15) is 6.04 Å². The van der Waals surface area contributed by atoms with E-state index in [4.69, 9.17) is 17.0 Å². The molecule has 0 aromatic heterocycles. The quantitative estimate of drug-likeness (QED) is 0.531. The molecule has 0 amide bonds. The zero-order valence-corrected chi connectivity index (χ0v) is 10.4. The van der Waals surface area contributed by atoms with Crippen molar-refractivity contribution in [1.29, 1.82) is 0 Å². The van der Waals surface area contributed by atoms with Gasteiger partial charge in [0.25, 0.3) is 0 Å². The maximum atomic E-state index is 11.4. The summed E-state index contributed by atoms with van der Waals surface area (Å²) in [7, 11) is 1.82. The van der Waals surface area contributed by atoms with Crippen LogP contribution in [0.1, 0.15) is 27.7 Å². The van der Waals surface area contributed by atoms with E-state index in [9.17, 15) is 4.79 Å². The van der Waals surface area contributed by atoms with Gasteiger partial charge in [-0.1, -0.05) is 26.1 Å². The second kappa shape index (κ2) is 5.96. The molecule has 0 aliphatic heterocycles. The van der Waals surface area contributed by atoms with E-state index in [0.717, 1.165) is 4.99 Å². The van der Waals surface area contributed by atoms with Gasteiger partial charge in [-0.15, -0.1) is 0 Å². The summed E-state index contributed by atoms with van der Waals surface area (Å²) in [6, 6.07) is -0.301. The summed E-state index contributed by atoms with van der Waals surface area (Å²) in [4.78, 5) is 14.0. The molecule has 0 aliphatic rings. The summed E-state index contributed by atoms with van der Waals surface area (Å²) in [6.07, 6.45) is 0. The highest BCUT2D eigenvalue weighted by atomic mass is 32.1. The van der Waals surface area contributed by atoms with Crippen LogP contribution in [-0.2, 0) is 9.53 Å². The van der Waals surface area contributed by atoms with E-state index in [-0.39, 0.29) is 17.9 Å². The van der Waals surface area contributed by atoms with Gasteiger partial charge in [-0.3, -0.25) is 0 Å². The van der Waals surface area contributed by atoms with E-state index in [1.54, 1.807) is 18.7 Å². The molecule has 0 heterocycles. The lowest BCUT2D eigenvalue weighted by molar-refractivity contribution is -0.147. The average Bonchev–Trinajstić information content (AvgIpc) is 2.14. The minimum absolute atomic E-state index is 0.224. The Morgan fingerprint density at radius 2 is 1.93 bits per heavy atom. The van der Waals surface area contributed by atoms with Crippen LogP contribution < -0.4 is 0 Å². The lowest BCUT2D eigenvalue weighted by Gasteiger charge is -2.27. The monoisotopic (exact) mass is 217 g/mol. The first-order valence-electron chi connectivity index (χ1n) is 4.85. The fourth-order valence-corrected chi connectivity index (χ4v) is 1.18. The summed E-state index contributed by atoms with van der Waals surface area (Å²) in [5.74, 6) is 0.0462. The smallest absolute Gasteiger partial charge is 0.328 e. The van der Waals surface area contributed by atoms with Crippen LogP contribution in [0.5, 0.6) is 0 Å². The molecule has 0 saturated heterocycles. The lowest BCUT2D eigenvalue weighted by atomic mass is 10.2. The third kappa shape index (κ3) is 3.62. The normalized spacial score (nSPS) is 12.4. The van der Waals surface area contributed by atoms with Crippen molar-refractivity contribution in [2.24, 2.45) is 5.92 Å². The van der Waals surface area contributed by atoms with E-state index in [1.165, 1.54) is 0 Å². The highest BCUT2D eigenvalue weighted by Gasteiger charge is 2.22. The number of rotatable bonds is 4. The minimum atomic E-state index is -0.301. The third-order valence-electron chi connectivity index (χ3n) is 2.05. The van der Waals surface area contributed by atoms with Gasteiger partial charge in [0, 0.05) is 13.0 Å². The molecule has 3 nitrogen and oxygen atoms in total. The molecule has 4 heteroatoms. The molecule has 0 radical (unpaired) electrons. The Morgan fingerprint density at radius 3 is 2.29 bits per heavy atom. The topological polar surface area (TPSA) is 29.5 Å². The maximum Gasteiger partial charge on any atom is 0.328 e. The van der Waals surface area contributed by atoms with Crippen molar-refractivity contribution in [2.75, 3.05) is 13.7 Å². The molecular weight excluding hydrogens is 198 g/mol. The van der Waals surface area contributed by atoms with E-state index < -0.39 is 0 Å². The SMILES string of the molecule is CCOC(=O)C(C)N(C)C(=S)C(C)C. The van der Waals surface area contributed by atoms with Crippen molar-refractivity contribution in [1.82, 2.24) is 4.90 Å². The molecular formula is C10H19NO2S. The van der Waals surface area contributed by atoms with Crippen LogP contribution >= 0.6 is 12.2 Å². The number of nitrogens with zero attached hydrogens (tertiary/aromatic N) is 1. The molecule has 0 rings (SSSR count).